The molecule has 4 amide bonds. The van der Waals surface area contributed by atoms with E-state index in [1.165, 1.54) is 13.8 Å². The number of amides is 4. The lowest BCUT2D eigenvalue weighted by Crippen LogP contribution is -2.71. The molecule has 63 heteroatoms. The minimum Gasteiger partial charge on any atom is -0.394 e. The highest BCUT2D eigenvalue weighted by Crippen LogP contribution is 2.42. The quantitative estimate of drug-likeness (QED) is 0.0271. The SMILES string of the molecule is CC(=O)N[C@H]1[C@H](OC[C@H]2O[C@@H](O[C@@H]([C@H](O)[C@@H](O)CO)[C@H](O)CO)[C@H](O)[C@@H](O[C@@H]3O[C@H](CO)[C@@H](O)[C@H](O[C@@H]4O[C@H](CO)[C@H](O)[C@H](O)[C@H]4O[C@@H]4O[C@@H](C)[C@@H](O)[C@@H](O)[C@@H]4O)[C@H]3NC(C)=O)[C@H]2O)O[C@H](CO)[C@@H](O[C@@H]2O[C@H](CO[C@@H]3O[C@H](CO)[C@@H](O[C@@H]4O[C@H](CO)[C@H](O)[C@H](O)[C@H]4O)[C@H](O[C@@H]4O[C@@H](C)[C@@H](O)[C@@H](O)[C@@H]4O)[C@H]3NC(C)=O)[C@H](O)[C@H](O[C@@H]3O[C@H](CO)[C@@H](O)[C@H](O[C@@H]4O[C@H](CO)[C@H](O)[C@H](O)[C@H]4O)[C@H]3NC(C)=O)[C@H]2O)[C@@H]1O. The Labute approximate surface area is 810 Å². The average Bonchev–Trinajstić information content (AvgIpc) is 0.768. The average molecular weight is 2100 g/mol. The molecule has 143 heavy (non-hydrogen) atoms. The maximum absolute atomic E-state index is 13.6. The maximum atomic E-state index is 13.6. The van der Waals surface area contributed by atoms with Crippen molar-refractivity contribution in [2.75, 3.05) is 72.7 Å². The van der Waals surface area contributed by atoms with Crippen LogP contribution in [0.25, 0.3) is 0 Å². The molecule has 0 spiro atoms. The summed E-state index contributed by atoms with van der Waals surface area (Å²) in [7, 11) is 0. The molecule has 37 N–H and O–H groups in total. The number of hydrogen-bond acceptors (Lipinski definition) is 59. The molecule has 0 bridgehead atoms. The highest BCUT2D eigenvalue weighted by atomic mass is 16.8. The molecule has 11 heterocycles. The molecule has 59 atom stereocenters. The summed E-state index contributed by atoms with van der Waals surface area (Å²) >= 11 is 0. The topological polar surface area (TPSA) is 987 Å². The van der Waals surface area contributed by atoms with E-state index < -0.39 is 458 Å². The summed E-state index contributed by atoms with van der Waals surface area (Å²) in [6.07, 6.45) is -118. The van der Waals surface area contributed by atoms with Crippen molar-refractivity contribution >= 4 is 23.6 Å². The van der Waals surface area contributed by atoms with Crippen molar-refractivity contribution in [2.45, 2.75) is 403 Å². The fourth-order valence-corrected chi connectivity index (χ4v) is 18.3. The van der Waals surface area contributed by atoms with Gasteiger partial charge in [-0.1, -0.05) is 0 Å². The Morgan fingerprint density at radius 2 is 0.510 bits per heavy atom. The molecule has 63 nitrogen and oxygen atoms in total. The summed E-state index contributed by atoms with van der Waals surface area (Å²) in [6.45, 7) is -7.27. The van der Waals surface area contributed by atoms with E-state index in [0.717, 1.165) is 27.7 Å². The van der Waals surface area contributed by atoms with Gasteiger partial charge in [-0.05, 0) is 13.8 Å². The molecule has 0 aromatic heterocycles. The predicted molar refractivity (Wildman–Crippen MR) is 441 cm³/mol. The van der Waals surface area contributed by atoms with Gasteiger partial charge in [0.15, 0.2) is 69.2 Å². The summed E-state index contributed by atoms with van der Waals surface area (Å²) in [6, 6.07) is -8.23. The molecular weight excluding hydrogens is 1960 g/mol. The molecule has 0 aromatic rings. The van der Waals surface area contributed by atoms with E-state index >= 15 is 0 Å². The zero-order valence-corrected chi connectivity index (χ0v) is 77.2. The number of ether oxygens (including phenoxy) is 22. The normalized spacial score (nSPS) is 48.3. The van der Waals surface area contributed by atoms with Crippen LogP contribution in [0.4, 0.5) is 0 Å². The van der Waals surface area contributed by atoms with E-state index in [1.54, 1.807) is 0 Å². The lowest BCUT2D eigenvalue weighted by Gasteiger charge is -2.51. The molecule has 0 radical (unpaired) electrons. The van der Waals surface area contributed by atoms with E-state index in [9.17, 15) is 188 Å². The molecule has 11 aliphatic heterocycles. The van der Waals surface area contributed by atoms with Crippen LogP contribution in [0.2, 0.25) is 0 Å². The summed E-state index contributed by atoms with van der Waals surface area (Å²) in [5.74, 6) is -4.16. The van der Waals surface area contributed by atoms with Crippen LogP contribution in [0, 0.1) is 0 Å². The summed E-state index contributed by atoms with van der Waals surface area (Å²) in [5, 5.41) is 378. The lowest BCUT2D eigenvalue weighted by molar-refractivity contribution is -0.390. The van der Waals surface area contributed by atoms with Crippen molar-refractivity contribution in [3.05, 3.63) is 0 Å². The Bertz CT molecular complexity index is 3900. The molecule has 11 aliphatic rings. The fourth-order valence-electron chi connectivity index (χ4n) is 18.3. The van der Waals surface area contributed by atoms with Crippen LogP contribution in [-0.4, -0.2) is 627 Å². The molecule has 11 rings (SSSR count). The highest BCUT2D eigenvalue weighted by Gasteiger charge is 2.63. The summed E-state index contributed by atoms with van der Waals surface area (Å²) in [4.78, 5) is 53.8. The number of hydrogen-bond donors (Lipinski definition) is 37. The molecule has 11 fully saturated rings. The van der Waals surface area contributed by atoms with Gasteiger partial charge in [0.2, 0.25) is 23.6 Å². The minimum atomic E-state index is -2.64. The monoisotopic (exact) mass is 2100 g/mol. The molecular formula is C80H136N4O59. The van der Waals surface area contributed by atoms with Crippen LogP contribution in [0.5, 0.6) is 0 Å². The Kier molecular flexibility index (Phi) is 43.5. The van der Waals surface area contributed by atoms with Crippen molar-refractivity contribution in [3.63, 3.8) is 0 Å². The van der Waals surface area contributed by atoms with Gasteiger partial charge in [-0.25, -0.2) is 0 Å². The zero-order chi connectivity index (χ0) is 106. The molecule has 0 aliphatic carbocycles. The predicted octanol–water partition coefficient (Wildman–Crippen LogP) is -24.9. The molecule has 0 aromatic carbocycles. The maximum Gasteiger partial charge on any atom is 0.217 e. The van der Waals surface area contributed by atoms with Gasteiger partial charge >= 0.3 is 0 Å². The second-order valence-corrected chi connectivity index (χ2v) is 36.4. The number of carbonyl (C=O) groups is 4. The third-order valence-electron chi connectivity index (χ3n) is 26.2. The standard InChI is InChI=1S/C80H136N4O59/c1-18-39(100)50(111)55(116)74(124-18)140-66-38(84-23(6)97)71(132-32(15-93)63(66)137-76-57(118)52(113)42(103)26(9-87)128-76)123-17-34-48(109)68(142-72-36(82-21(4)95)64(45(106)29(12-90)126-72)138-77-58(119)53(114)43(104)27(10-88)129-77)60(121)79(134-34)136-62-31(14-92)131-70(35(49(62)110)81-20(3)94)122-16-33-47(108)67(59(120)78(133-33)135-61(25(99)8-86)41(102)24(98)7-85)141-73-37(83-22(5)96)65(46(107)30(13-91)127-73)139-80-69(54(115)44(105)28(11-89)130-80)143-75-56(117)51(112)40(101)19(2)125-75/h18-19,24-80,85-93,98-121H,7-17H2,1-6H3,(H,81,94)(H,82,95)(H,83,96)(H,84,97)/t18-,19-,24-,25+,26+,27+,28+,29+,30+,31+,32+,33+,34+,35+,36+,37+,38+,39+,40+,41+,42-,43-,44-,45+,46+,47-,48-,49+,50+,51+,52-,53-,54-,55-,56-,57+,58+,59+,60+,61+,62+,63+,64+,65+,66+,67-,68-,69+,70+,71+,72-,73-,74-,75-,76-,77-,78-,79-,80-/m0/s1. The first-order valence-electron chi connectivity index (χ1n) is 45.8. The number of aliphatic hydroxyl groups excluding tert-OH is 33. The first-order valence-corrected chi connectivity index (χ1v) is 45.8. The van der Waals surface area contributed by atoms with Crippen LogP contribution >= 0.6 is 0 Å². The van der Waals surface area contributed by atoms with E-state index in [2.05, 4.69) is 21.3 Å². The lowest BCUT2D eigenvalue weighted by atomic mass is 9.93. The molecule has 0 saturated carbocycles. The molecule has 830 valence electrons. The number of aliphatic hydroxyl groups is 33. The van der Waals surface area contributed by atoms with Gasteiger partial charge in [-0.2, -0.15) is 0 Å². The van der Waals surface area contributed by atoms with Crippen molar-refractivity contribution < 1.29 is 292 Å². The largest absolute Gasteiger partial charge is 0.394 e. The Hall–Kier alpha value is -4.32. The number of rotatable bonds is 40. The second kappa shape index (κ2) is 52.3. The number of nitrogens with one attached hydrogen (secondary N) is 4. The van der Waals surface area contributed by atoms with Crippen LogP contribution in [0.1, 0.15) is 41.5 Å². The van der Waals surface area contributed by atoms with Gasteiger partial charge in [-0.15, -0.1) is 0 Å². The summed E-state index contributed by atoms with van der Waals surface area (Å²) in [5.41, 5.74) is 0. The van der Waals surface area contributed by atoms with E-state index in [1.807, 2.05) is 0 Å². The second-order valence-electron chi connectivity index (χ2n) is 36.4. The fraction of sp³-hybridized carbons (Fsp3) is 0.950. The van der Waals surface area contributed by atoms with Gasteiger partial charge in [0.05, 0.1) is 84.9 Å². The zero-order valence-electron chi connectivity index (χ0n) is 77.2. The van der Waals surface area contributed by atoms with Crippen LogP contribution in [-0.2, 0) is 123 Å². The van der Waals surface area contributed by atoms with Gasteiger partial charge in [0, 0.05) is 27.7 Å². The number of carbonyl (C=O) groups excluding carboxylic acids is 4. The highest BCUT2D eigenvalue weighted by molar-refractivity contribution is 5.74. The van der Waals surface area contributed by atoms with Gasteiger partial charge in [0.25, 0.3) is 0 Å². The van der Waals surface area contributed by atoms with Gasteiger partial charge < -0.3 is 294 Å². The van der Waals surface area contributed by atoms with E-state index in [0.29, 0.717) is 0 Å². The van der Waals surface area contributed by atoms with Crippen molar-refractivity contribution in [1.29, 1.82) is 0 Å². The summed E-state index contributed by atoms with van der Waals surface area (Å²) < 4.78 is 132. The third-order valence-corrected chi connectivity index (χ3v) is 26.2. The Balaban J connectivity index is 0.930. The smallest absolute Gasteiger partial charge is 0.217 e. The first-order chi connectivity index (χ1) is 67.6. The van der Waals surface area contributed by atoms with E-state index in [-0.39, 0.29) is 0 Å². The van der Waals surface area contributed by atoms with Gasteiger partial charge in [0.1, 0.15) is 281 Å². The third kappa shape index (κ3) is 26.8. The minimum absolute atomic E-state index is 0.863. The molecule has 0 unspecified atom stereocenters. The molecule has 11 saturated heterocycles. The van der Waals surface area contributed by atoms with Crippen molar-refractivity contribution in [3.8, 4) is 0 Å². The van der Waals surface area contributed by atoms with Crippen molar-refractivity contribution in [1.82, 2.24) is 21.3 Å². The Morgan fingerprint density at radius 3 is 0.916 bits per heavy atom. The van der Waals surface area contributed by atoms with Crippen LogP contribution in [0.3, 0.4) is 0 Å². The van der Waals surface area contributed by atoms with Gasteiger partial charge in [-0.3, -0.25) is 19.2 Å². The first kappa shape index (κ1) is 119. The van der Waals surface area contributed by atoms with E-state index in [4.69, 9.17) is 104 Å². The van der Waals surface area contributed by atoms with Crippen LogP contribution < -0.4 is 21.3 Å². The Morgan fingerprint density at radius 1 is 0.238 bits per heavy atom. The van der Waals surface area contributed by atoms with Crippen molar-refractivity contribution in [2.24, 2.45) is 0 Å². The van der Waals surface area contributed by atoms with Crippen LogP contribution in [0.15, 0.2) is 0 Å².